The molecule has 0 saturated carbocycles. The van der Waals surface area contributed by atoms with Gasteiger partial charge in [-0.15, -0.1) is 0 Å². The number of benzene rings is 1. The van der Waals surface area contributed by atoms with Crippen LogP contribution in [0.15, 0.2) is 18.2 Å². The highest BCUT2D eigenvalue weighted by Gasteiger charge is 2.14. The van der Waals surface area contributed by atoms with E-state index in [-0.39, 0.29) is 5.82 Å². The van der Waals surface area contributed by atoms with Gasteiger partial charge in [0.05, 0.1) is 12.7 Å². The topological polar surface area (TPSA) is 18.5 Å². The van der Waals surface area contributed by atoms with Crippen molar-refractivity contribution in [3.8, 4) is 5.75 Å². The molecule has 1 unspecified atom stereocenters. The molecule has 1 aromatic rings. The van der Waals surface area contributed by atoms with Crippen LogP contribution in [0.25, 0.3) is 0 Å². The Morgan fingerprint density at radius 2 is 2.35 bits per heavy atom. The summed E-state index contributed by atoms with van der Waals surface area (Å²) in [5.41, 5.74) is 0.975. The van der Waals surface area contributed by atoms with Crippen LogP contribution in [0.4, 0.5) is 4.39 Å². The second-order valence-corrected chi connectivity index (χ2v) is 4.54. The van der Waals surface area contributed by atoms with Crippen molar-refractivity contribution in [2.75, 3.05) is 13.2 Å². The lowest BCUT2D eigenvalue weighted by Gasteiger charge is -2.11. The van der Waals surface area contributed by atoms with Gasteiger partial charge in [-0.25, -0.2) is 4.39 Å². The Kier molecular flexibility index (Phi) is 4.37. The molecule has 1 heterocycles. The summed E-state index contributed by atoms with van der Waals surface area (Å²) in [7, 11) is 0. The van der Waals surface area contributed by atoms with Crippen LogP contribution in [-0.4, -0.2) is 19.3 Å². The molecule has 1 aliphatic rings. The number of hydrogen-bond donors (Lipinski definition) is 0. The van der Waals surface area contributed by atoms with Crippen molar-refractivity contribution >= 4 is 0 Å². The summed E-state index contributed by atoms with van der Waals surface area (Å²) in [6, 6.07) is 4.64. The zero-order valence-corrected chi connectivity index (χ0v) is 10.2. The second-order valence-electron chi connectivity index (χ2n) is 4.54. The van der Waals surface area contributed by atoms with Gasteiger partial charge in [0.2, 0.25) is 0 Å². The molecule has 0 N–H and O–H groups in total. The van der Waals surface area contributed by atoms with E-state index >= 15 is 0 Å². The minimum atomic E-state index is -0.246. The molecule has 1 saturated heterocycles. The van der Waals surface area contributed by atoms with Crippen LogP contribution in [0, 0.1) is 12.7 Å². The van der Waals surface area contributed by atoms with Gasteiger partial charge in [0, 0.05) is 12.7 Å². The molecule has 0 radical (unpaired) electrons. The Bertz CT molecular complexity index is 359. The highest BCUT2D eigenvalue weighted by atomic mass is 19.1. The van der Waals surface area contributed by atoms with Crippen LogP contribution in [0.3, 0.4) is 0 Å². The summed E-state index contributed by atoms with van der Waals surface area (Å²) in [4.78, 5) is 0. The molecule has 3 heteroatoms. The first-order valence-electron chi connectivity index (χ1n) is 6.26. The van der Waals surface area contributed by atoms with Gasteiger partial charge in [0.1, 0.15) is 11.6 Å². The first kappa shape index (κ1) is 12.4. The lowest BCUT2D eigenvalue weighted by Crippen LogP contribution is -2.08. The molecule has 1 aliphatic heterocycles. The maximum atomic E-state index is 13.0. The summed E-state index contributed by atoms with van der Waals surface area (Å²) in [5.74, 6) is 0.405. The van der Waals surface area contributed by atoms with E-state index in [9.17, 15) is 4.39 Å². The van der Waals surface area contributed by atoms with E-state index in [1.165, 1.54) is 25.0 Å². The van der Waals surface area contributed by atoms with Gasteiger partial charge < -0.3 is 9.47 Å². The van der Waals surface area contributed by atoms with Gasteiger partial charge in [-0.05, 0) is 44.2 Å². The van der Waals surface area contributed by atoms with E-state index in [1.54, 1.807) is 6.07 Å². The Morgan fingerprint density at radius 1 is 1.47 bits per heavy atom. The van der Waals surface area contributed by atoms with E-state index in [1.807, 2.05) is 6.92 Å². The zero-order valence-electron chi connectivity index (χ0n) is 10.2. The molecule has 0 bridgehead atoms. The van der Waals surface area contributed by atoms with Crippen LogP contribution >= 0.6 is 0 Å². The Hall–Kier alpha value is -1.09. The third-order valence-electron chi connectivity index (χ3n) is 3.10. The normalized spacial score (nSPS) is 19.5. The predicted octanol–water partition coefficient (Wildman–Crippen LogP) is 3.47. The van der Waals surface area contributed by atoms with Gasteiger partial charge >= 0.3 is 0 Å². The zero-order chi connectivity index (χ0) is 12.1. The van der Waals surface area contributed by atoms with Crippen molar-refractivity contribution in [3.63, 3.8) is 0 Å². The number of rotatable bonds is 5. The maximum absolute atomic E-state index is 13.0. The Labute approximate surface area is 102 Å². The highest BCUT2D eigenvalue weighted by Crippen LogP contribution is 2.20. The fraction of sp³-hybridized carbons (Fsp3) is 0.571. The number of hydrogen-bond acceptors (Lipinski definition) is 2. The first-order chi connectivity index (χ1) is 8.25. The Balaban J connectivity index is 1.72. The van der Waals surface area contributed by atoms with Gasteiger partial charge in [0.15, 0.2) is 0 Å². The van der Waals surface area contributed by atoms with Crippen LogP contribution in [0.5, 0.6) is 5.75 Å². The molecule has 0 aliphatic carbocycles. The first-order valence-corrected chi connectivity index (χ1v) is 6.26. The molecule has 0 amide bonds. The maximum Gasteiger partial charge on any atom is 0.126 e. The third-order valence-corrected chi connectivity index (χ3v) is 3.10. The van der Waals surface area contributed by atoms with Crippen LogP contribution in [0.1, 0.15) is 31.2 Å². The summed E-state index contributed by atoms with van der Waals surface area (Å²) in [5, 5.41) is 0. The van der Waals surface area contributed by atoms with Crippen LogP contribution < -0.4 is 4.74 Å². The van der Waals surface area contributed by atoms with Crippen LogP contribution in [-0.2, 0) is 4.74 Å². The fourth-order valence-corrected chi connectivity index (χ4v) is 2.09. The summed E-state index contributed by atoms with van der Waals surface area (Å²) >= 11 is 0. The van der Waals surface area contributed by atoms with E-state index in [4.69, 9.17) is 9.47 Å². The number of ether oxygens (including phenoxy) is 2. The quantitative estimate of drug-likeness (QED) is 0.731. The minimum absolute atomic E-state index is 0.246. The fourth-order valence-electron chi connectivity index (χ4n) is 2.09. The average Bonchev–Trinajstić information content (AvgIpc) is 2.82. The van der Waals surface area contributed by atoms with Crippen molar-refractivity contribution in [3.05, 3.63) is 29.6 Å². The minimum Gasteiger partial charge on any atom is -0.493 e. The highest BCUT2D eigenvalue weighted by molar-refractivity contribution is 5.32. The largest absolute Gasteiger partial charge is 0.493 e. The molecular formula is C14H19FO2. The van der Waals surface area contributed by atoms with E-state index in [0.29, 0.717) is 18.5 Å². The smallest absolute Gasteiger partial charge is 0.126 e. The molecule has 1 atom stereocenters. The summed E-state index contributed by atoms with van der Waals surface area (Å²) < 4.78 is 24.1. The van der Waals surface area contributed by atoms with Crippen molar-refractivity contribution in [1.29, 1.82) is 0 Å². The summed E-state index contributed by atoms with van der Waals surface area (Å²) in [6.45, 7) is 3.45. The van der Waals surface area contributed by atoms with Gasteiger partial charge in [-0.3, -0.25) is 0 Å². The monoisotopic (exact) mass is 238 g/mol. The molecule has 1 fully saturated rings. The average molecular weight is 238 g/mol. The molecule has 1 aromatic carbocycles. The van der Waals surface area contributed by atoms with Crippen molar-refractivity contribution in [2.45, 2.75) is 38.7 Å². The van der Waals surface area contributed by atoms with E-state index in [0.717, 1.165) is 25.0 Å². The predicted molar refractivity (Wildman–Crippen MR) is 64.8 cm³/mol. The van der Waals surface area contributed by atoms with Gasteiger partial charge in [0.25, 0.3) is 0 Å². The lowest BCUT2D eigenvalue weighted by atomic mass is 10.1. The van der Waals surface area contributed by atoms with Gasteiger partial charge in [-0.2, -0.15) is 0 Å². The molecule has 17 heavy (non-hydrogen) atoms. The number of halogens is 1. The molecule has 0 spiro atoms. The molecule has 2 nitrogen and oxygen atoms in total. The lowest BCUT2D eigenvalue weighted by molar-refractivity contribution is 0.0981. The molecule has 0 aromatic heterocycles. The third kappa shape index (κ3) is 3.70. The van der Waals surface area contributed by atoms with Crippen molar-refractivity contribution in [2.24, 2.45) is 0 Å². The SMILES string of the molecule is Cc1ccc(F)cc1OCCCC1CCCO1. The van der Waals surface area contributed by atoms with E-state index in [2.05, 4.69) is 0 Å². The van der Waals surface area contributed by atoms with E-state index < -0.39 is 0 Å². The Morgan fingerprint density at radius 3 is 3.12 bits per heavy atom. The van der Waals surface area contributed by atoms with Gasteiger partial charge in [-0.1, -0.05) is 6.07 Å². The standard InChI is InChI=1S/C14H19FO2/c1-11-6-7-12(15)10-14(11)17-9-3-5-13-4-2-8-16-13/h6-7,10,13H,2-5,8-9H2,1H3. The number of aryl methyl sites for hydroxylation is 1. The molecular weight excluding hydrogens is 219 g/mol. The molecule has 94 valence electrons. The van der Waals surface area contributed by atoms with Crippen molar-refractivity contribution < 1.29 is 13.9 Å². The molecule has 2 rings (SSSR count). The summed E-state index contributed by atoms with van der Waals surface area (Å²) in [6.07, 6.45) is 4.75. The second kappa shape index (κ2) is 6.01. The van der Waals surface area contributed by atoms with Crippen molar-refractivity contribution in [1.82, 2.24) is 0 Å². The van der Waals surface area contributed by atoms with Crippen LogP contribution in [0.2, 0.25) is 0 Å².